The molecule has 0 aliphatic heterocycles. The molecule has 0 spiro atoms. The number of aliphatic carboxylic acids is 1. The maximum Gasteiger partial charge on any atom is 0.326 e. The van der Waals surface area contributed by atoms with Gasteiger partial charge in [-0.15, -0.1) is 11.3 Å². The molecular weight excluding hydrogens is 306 g/mol. The van der Waals surface area contributed by atoms with Crippen LogP contribution >= 0.6 is 11.3 Å². The second-order valence-electron chi connectivity index (χ2n) is 5.22. The molecule has 0 aromatic carbocycles. The molecule has 122 valence electrons. The van der Waals surface area contributed by atoms with Gasteiger partial charge in [0.2, 0.25) is 5.91 Å². The highest BCUT2D eigenvalue weighted by Crippen LogP contribution is 2.16. The van der Waals surface area contributed by atoms with E-state index in [1.807, 2.05) is 6.92 Å². The summed E-state index contributed by atoms with van der Waals surface area (Å²) >= 11 is 1.13. The summed E-state index contributed by atoms with van der Waals surface area (Å²) in [4.78, 5) is 38.7. The van der Waals surface area contributed by atoms with Gasteiger partial charge in [-0.25, -0.2) is 9.78 Å². The van der Waals surface area contributed by atoms with E-state index in [2.05, 4.69) is 15.6 Å². The average molecular weight is 327 g/mol. The second-order valence-corrected chi connectivity index (χ2v) is 6.08. The largest absolute Gasteiger partial charge is 0.480 e. The zero-order valence-corrected chi connectivity index (χ0v) is 13.7. The van der Waals surface area contributed by atoms with E-state index >= 15 is 0 Å². The number of hydrogen-bond acceptors (Lipinski definition) is 5. The van der Waals surface area contributed by atoms with Gasteiger partial charge in [0.1, 0.15) is 11.7 Å². The summed E-state index contributed by atoms with van der Waals surface area (Å²) in [5, 5.41) is 15.9. The van der Waals surface area contributed by atoms with E-state index in [0.29, 0.717) is 11.6 Å². The van der Waals surface area contributed by atoms with Crippen LogP contribution in [0.1, 0.15) is 50.5 Å². The molecule has 0 fully saturated rings. The van der Waals surface area contributed by atoms with Crippen molar-refractivity contribution in [3.8, 4) is 0 Å². The summed E-state index contributed by atoms with van der Waals surface area (Å²) in [5.74, 6) is -2.04. The number of carbonyl (C=O) groups is 3. The summed E-state index contributed by atoms with van der Waals surface area (Å²) < 4.78 is 0. The molecule has 1 aromatic heterocycles. The number of thiazole rings is 1. The number of carboxylic acids is 1. The van der Waals surface area contributed by atoms with Crippen LogP contribution < -0.4 is 10.6 Å². The van der Waals surface area contributed by atoms with Crippen molar-refractivity contribution < 1.29 is 19.5 Å². The number of amides is 2. The van der Waals surface area contributed by atoms with Gasteiger partial charge in [0, 0.05) is 11.8 Å². The molecule has 0 aliphatic carbocycles. The topological polar surface area (TPSA) is 108 Å². The average Bonchev–Trinajstić information content (AvgIpc) is 2.90. The molecule has 0 bridgehead atoms. The van der Waals surface area contributed by atoms with Crippen molar-refractivity contribution in [3.05, 3.63) is 11.1 Å². The van der Waals surface area contributed by atoms with E-state index in [4.69, 9.17) is 5.11 Å². The molecular formula is C14H21N3O4S. The van der Waals surface area contributed by atoms with Crippen molar-refractivity contribution in [3.63, 3.8) is 0 Å². The zero-order chi connectivity index (χ0) is 16.7. The zero-order valence-electron chi connectivity index (χ0n) is 12.9. The van der Waals surface area contributed by atoms with Crippen LogP contribution in [0.5, 0.6) is 0 Å². The molecule has 7 nitrogen and oxygen atoms in total. The molecule has 0 radical (unpaired) electrons. The Bertz CT molecular complexity index is 542. The number of anilines is 1. The first-order valence-corrected chi connectivity index (χ1v) is 8.02. The van der Waals surface area contributed by atoms with Crippen molar-refractivity contribution in [2.45, 2.75) is 46.1 Å². The van der Waals surface area contributed by atoms with Gasteiger partial charge in [-0.2, -0.15) is 0 Å². The summed E-state index contributed by atoms with van der Waals surface area (Å²) in [5.41, 5.74) is 0.0997. The van der Waals surface area contributed by atoms with Gasteiger partial charge in [-0.3, -0.25) is 9.59 Å². The predicted octanol–water partition coefficient (Wildman–Crippen LogP) is 2.11. The Kier molecular flexibility index (Phi) is 6.97. The summed E-state index contributed by atoms with van der Waals surface area (Å²) in [6.45, 7) is 5.41. The molecule has 0 saturated heterocycles. The van der Waals surface area contributed by atoms with Crippen molar-refractivity contribution >= 4 is 34.3 Å². The predicted molar refractivity (Wildman–Crippen MR) is 84.0 cm³/mol. The Labute approximate surface area is 133 Å². The van der Waals surface area contributed by atoms with Crippen LogP contribution in [-0.4, -0.2) is 33.9 Å². The number of unbranched alkanes of at least 4 members (excludes halogenated alkanes) is 1. The Morgan fingerprint density at radius 3 is 2.59 bits per heavy atom. The number of nitrogens with one attached hydrogen (secondary N) is 2. The molecule has 1 rings (SSSR count). The van der Waals surface area contributed by atoms with Crippen LogP contribution in [-0.2, 0) is 9.59 Å². The van der Waals surface area contributed by atoms with E-state index < -0.39 is 17.9 Å². The molecule has 0 saturated carbocycles. The molecule has 8 heteroatoms. The number of hydrogen-bond donors (Lipinski definition) is 3. The number of aromatic nitrogens is 1. The van der Waals surface area contributed by atoms with Crippen molar-refractivity contribution in [1.82, 2.24) is 10.3 Å². The van der Waals surface area contributed by atoms with Crippen LogP contribution in [0, 0.1) is 5.92 Å². The molecule has 3 N–H and O–H groups in total. The molecule has 2 amide bonds. The Hall–Kier alpha value is -1.96. The number of nitrogens with zero attached hydrogens (tertiary/aromatic N) is 1. The number of rotatable bonds is 8. The highest BCUT2D eigenvalue weighted by atomic mass is 32.1. The molecule has 1 aromatic rings. The highest BCUT2D eigenvalue weighted by molar-refractivity contribution is 7.14. The van der Waals surface area contributed by atoms with Gasteiger partial charge in [0.15, 0.2) is 5.13 Å². The fourth-order valence-electron chi connectivity index (χ4n) is 1.68. The van der Waals surface area contributed by atoms with Crippen LogP contribution in [0.3, 0.4) is 0 Å². The van der Waals surface area contributed by atoms with Crippen LogP contribution in [0.15, 0.2) is 5.38 Å². The summed E-state index contributed by atoms with van der Waals surface area (Å²) in [6.07, 6.45) is 2.12. The monoisotopic (exact) mass is 327 g/mol. The molecule has 0 aliphatic rings. The van der Waals surface area contributed by atoms with Crippen molar-refractivity contribution in [2.24, 2.45) is 5.92 Å². The van der Waals surface area contributed by atoms with Gasteiger partial charge >= 0.3 is 5.97 Å². The molecule has 22 heavy (non-hydrogen) atoms. The normalized spacial score (nSPS) is 12.0. The Morgan fingerprint density at radius 1 is 1.36 bits per heavy atom. The fraction of sp³-hybridized carbons (Fsp3) is 0.571. The van der Waals surface area contributed by atoms with Crippen LogP contribution in [0.4, 0.5) is 5.13 Å². The lowest BCUT2D eigenvalue weighted by Gasteiger charge is -2.16. The van der Waals surface area contributed by atoms with Crippen LogP contribution in [0.2, 0.25) is 0 Å². The van der Waals surface area contributed by atoms with Gasteiger partial charge in [-0.1, -0.05) is 27.2 Å². The smallest absolute Gasteiger partial charge is 0.326 e. The number of carboxylic acid groups (broad SMARTS) is 1. The first-order valence-electron chi connectivity index (χ1n) is 7.14. The second kappa shape index (κ2) is 8.47. The minimum absolute atomic E-state index is 0.0997. The summed E-state index contributed by atoms with van der Waals surface area (Å²) in [7, 11) is 0. The Balaban J connectivity index is 2.65. The van der Waals surface area contributed by atoms with E-state index in [1.54, 1.807) is 13.8 Å². The van der Waals surface area contributed by atoms with E-state index in [1.165, 1.54) is 5.38 Å². The van der Waals surface area contributed by atoms with E-state index in [0.717, 1.165) is 24.2 Å². The van der Waals surface area contributed by atoms with Gasteiger partial charge in [0.25, 0.3) is 5.91 Å². The SMILES string of the molecule is CCCCC(=O)Nc1nc(C(=O)NC(C(=O)O)C(C)C)cs1. The molecule has 1 atom stereocenters. The van der Waals surface area contributed by atoms with Gasteiger partial charge < -0.3 is 15.7 Å². The quantitative estimate of drug-likeness (QED) is 0.677. The fourth-order valence-corrected chi connectivity index (χ4v) is 2.39. The van der Waals surface area contributed by atoms with Gasteiger partial charge in [-0.05, 0) is 12.3 Å². The minimum atomic E-state index is -1.09. The summed E-state index contributed by atoms with van der Waals surface area (Å²) in [6, 6.07) is -0.975. The van der Waals surface area contributed by atoms with Crippen molar-refractivity contribution in [1.29, 1.82) is 0 Å². The number of carbonyl (C=O) groups excluding carboxylic acids is 2. The first-order chi connectivity index (χ1) is 10.3. The lowest BCUT2D eigenvalue weighted by Crippen LogP contribution is -2.44. The van der Waals surface area contributed by atoms with E-state index in [-0.39, 0.29) is 17.5 Å². The minimum Gasteiger partial charge on any atom is -0.480 e. The third-order valence-electron chi connectivity index (χ3n) is 2.96. The third-order valence-corrected chi connectivity index (χ3v) is 3.72. The lowest BCUT2D eigenvalue weighted by molar-refractivity contribution is -0.140. The lowest BCUT2D eigenvalue weighted by atomic mass is 10.0. The van der Waals surface area contributed by atoms with Crippen LogP contribution in [0.25, 0.3) is 0 Å². The Morgan fingerprint density at radius 2 is 2.05 bits per heavy atom. The van der Waals surface area contributed by atoms with Gasteiger partial charge in [0.05, 0.1) is 0 Å². The highest BCUT2D eigenvalue weighted by Gasteiger charge is 2.25. The van der Waals surface area contributed by atoms with E-state index in [9.17, 15) is 14.4 Å². The first kappa shape index (κ1) is 18.1. The maximum atomic E-state index is 12.0. The molecule has 1 unspecified atom stereocenters. The molecule has 1 heterocycles. The maximum absolute atomic E-state index is 12.0. The van der Waals surface area contributed by atoms with Crippen molar-refractivity contribution in [2.75, 3.05) is 5.32 Å². The third kappa shape index (κ3) is 5.44. The standard InChI is InChI=1S/C14H21N3O4S/c1-4-5-6-10(18)16-14-15-9(7-22-14)12(19)17-11(8(2)3)13(20)21/h7-8,11H,4-6H2,1-3H3,(H,17,19)(H,20,21)(H,15,16,18).